The summed E-state index contributed by atoms with van der Waals surface area (Å²) in [5, 5.41) is 15.1. The summed E-state index contributed by atoms with van der Waals surface area (Å²) in [4.78, 5) is 4.46. The van der Waals surface area contributed by atoms with Crippen LogP contribution in [0.5, 0.6) is 0 Å². The van der Waals surface area contributed by atoms with Crippen LogP contribution in [0.2, 0.25) is 5.02 Å². The van der Waals surface area contributed by atoms with E-state index in [2.05, 4.69) is 45.7 Å². The van der Waals surface area contributed by atoms with Crippen molar-refractivity contribution in [1.82, 2.24) is 15.2 Å². The van der Waals surface area contributed by atoms with Crippen LogP contribution in [0.1, 0.15) is 25.3 Å². The lowest BCUT2D eigenvalue weighted by Gasteiger charge is -2.14. The molecule has 3 aromatic rings. The van der Waals surface area contributed by atoms with Crippen molar-refractivity contribution in [3.05, 3.63) is 65.3 Å². The predicted octanol–water partition coefficient (Wildman–Crippen LogP) is 5.14. The Bertz CT molecular complexity index is 818. The number of benzene rings is 2. The maximum Gasteiger partial charge on any atom is 0.249 e. The molecule has 5 nitrogen and oxygen atoms in total. The highest BCUT2D eigenvalue weighted by molar-refractivity contribution is 6.30. The summed E-state index contributed by atoms with van der Waals surface area (Å²) < 4.78 is 0. The third-order valence-electron chi connectivity index (χ3n) is 3.50. The van der Waals surface area contributed by atoms with Gasteiger partial charge in [-0.1, -0.05) is 43.6 Å². The summed E-state index contributed by atoms with van der Waals surface area (Å²) >= 11 is 5.89. The minimum atomic E-state index is 0.412. The molecule has 1 heterocycles. The molecule has 6 heteroatoms. The van der Waals surface area contributed by atoms with Gasteiger partial charge in [-0.15, -0.1) is 5.10 Å². The standard InChI is InChI=1S/C18H18ClN5/c1-12(2)15-5-3-4-6-16(15)22-17-11-20-24-18(23-17)21-14-9-7-13(19)8-10-14/h3-12H,1-2H3,(H2,21,22,23,24). The van der Waals surface area contributed by atoms with Crippen molar-refractivity contribution >= 4 is 34.7 Å². The Hall–Kier alpha value is -2.66. The average molecular weight is 340 g/mol. The van der Waals surface area contributed by atoms with Gasteiger partial charge in [0.15, 0.2) is 5.82 Å². The van der Waals surface area contributed by atoms with E-state index in [1.54, 1.807) is 18.3 Å². The SMILES string of the molecule is CC(C)c1ccccc1Nc1cnnc(Nc2ccc(Cl)cc2)n1. The molecule has 0 radical (unpaired) electrons. The first-order valence-electron chi connectivity index (χ1n) is 7.70. The van der Waals surface area contributed by atoms with Gasteiger partial charge in [-0.2, -0.15) is 10.1 Å². The Morgan fingerprint density at radius 2 is 1.71 bits per heavy atom. The van der Waals surface area contributed by atoms with Crippen LogP contribution < -0.4 is 10.6 Å². The summed E-state index contributed by atoms with van der Waals surface area (Å²) in [5.41, 5.74) is 3.09. The molecule has 3 rings (SSSR count). The van der Waals surface area contributed by atoms with Crippen molar-refractivity contribution in [2.75, 3.05) is 10.6 Å². The third-order valence-corrected chi connectivity index (χ3v) is 3.76. The molecule has 0 atom stereocenters. The van der Waals surface area contributed by atoms with E-state index in [1.807, 2.05) is 30.3 Å². The van der Waals surface area contributed by atoms with Crippen molar-refractivity contribution in [1.29, 1.82) is 0 Å². The van der Waals surface area contributed by atoms with Crippen LogP contribution in [0.4, 0.5) is 23.1 Å². The van der Waals surface area contributed by atoms with Crippen molar-refractivity contribution in [2.24, 2.45) is 0 Å². The quantitative estimate of drug-likeness (QED) is 0.674. The number of nitrogens with zero attached hydrogens (tertiary/aromatic N) is 3. The molecule has 2 N–H and O–H groups in total. The average Bonchev–Trinajstić information content (AvgIpc) is 2.58. The van der Waals surface area contributed by atoms with Crippen molar-refractivity contribution in [3.8, 4) is 0 Å². The van der Waals surface area contributed by atoms with Crippen LogP contribution in [0.3, 0.4) is 0 Å². The molecule has 0 aliphatic rings. The number of para-hydroxylation sites is 1. The second-order valence-electron chi connectivity index (χ2n) is 5.66. The van der Waals surface area contributed by atoms with E-state index in [-0.39, 0.29) is 0 Å². The number of rotatable bonds is 5. The summed E-state index contributed by atoms with van der Waals surface area (Å²) in [7, 11) is 0. The van der Waals surface area contributed by atoms with E-state index in [0.29, 0.717) is 22.7 Å². The predicted molar refractivity (Wildman–Crippen MR) is 98.4 cm³/mol. The molecule has 24 heavy (non-hydrogen) atoms. The molecular formula is C18H18ClN5. The van der Waals surface area contributed by atoms with Crippen LogP contribution in [0.25, 0.3) is 0 Å². The summed E-state index contributed by atoms with van der Waals surface area (Å²) in [5.74, 6) is 1.47. The van der Waals surface area contributed by atoms with Gasteiger partial charge in [0.1, 0.15) is 0 Å². The van der Waals surface area contributed by atoms with Gasteiger partial charge < -0.3 is 10.6 Å². The second kappa shape index (κ2) is 7.27. The van der Waals surface area contributed by atoms with E-state index in [0.717, 1.165) is 11.4 Å². The molecule has 0 fully saturated rings. The van der Waals surface area contributed by atoms with Gasteiger partial charge in [0, 0.05) is 16.4 Å². The lowest BCUT2D eigenvalue weighted by molar-refractivity contribution is 0.868. The van der Waals surface area contributed by atoms with Gasteiger partial charge in [-0.05, 0) is 41.8 Å². The molecule has 0 aliphatic carbocycles. The van der Waals surface area contributed by atoms with E-state index >= 15 is 0 Å². The Morgan fingerprint density at radius 1 is 0.958 bits per heavy atom. The zero-order valence-electron chi connectivity index (χ0n) is 13.5. The van der Waals surface area contributed by atoms with Gasteiger partial charge in [0.05, 0.1) is 6.20 Å². The van der Waals surface area contributed by atoms with E-state index in [9.17, 15) is 0 Å². The zero-order valence-corrected chi connectivity index (χ0v) is 14.2. The first kappa shape index (κ1) is 16.2. The van der Waals surface area contributed by atoms with Crippen LogP contribution in [0, 0.1) is 0 Å². The fourth-order valence-electron chi connectivity index (χ4n) is 2.33. The zero-order chi connectivity index (χ0) is 16.9. The molecule has 0 spiro atoms. The van der Waals surface area contributed by atoms with Gasteiger partial charge in [-0.3, -0.25) is 0 Å². The Labute approximate surface area is 146 Å². The molecule has 1 aromatic heterocycles. The van der Waals surface area contributed by atoms with Gasteiger partial charge in [0.2, 0.25) is 5.95 Å². The molecule has 0 unspecified atom stereocenters. The summed E-state index contributed by atoms with van der Waals surface area (Å²) in [6.07, 6.45) is 1.60. The molecule has 122 valence electrons. The summed E-state index contributed by atoms with van der Waals surface area (Å²) in [6.45, 7) is 4.32. The Balaban J connectivity index is 1.80. The smallest absolute Gasteiger partial charge is 0.249 e. The highest BCUT2D eigenvalue weighted by atomic mass is 35.5. The molecule has 0 saturated heterocycles. The van der Waals surface area contributed by atoms with Crippen molar-refractivity contribution < 1.29 is 0 Å². The monoisotopic (exact) mass is 339 g/mol. The number of aromatic nitrogens is 3. The van der Waals surface area contributed by atoms with Gasteiger partial charge in [0.25, 0.3) is 0 Å². The van der Waals surface area contributed by atoms with Crippen LogP contribution in [-0.4, -0.2) is 15.2 Å². The molecule has 0 amide bonds. The molecule has 2 aromatic carbocycles. The number of hydrogen-bond donors (Lipinski definition) is 2. The fraction of sp³-hybridized carbons (Fsp3) is 0.167. The van der Waals surface area contributed by atoms with Crippen LogP contribution >= 0.6 is 11.6 Å². The van der Waals surface area contributed by atoms with E-state index < -0.39 is 0 Å². The molecular weight excluding hydrogens is 322 g/mol. The number of halogens is 1. The normalized spacial score (nSPS) is 10.7. The minimum Gasteiger partial charge on any atom is -0.339 e. The van der Waals surface area contributed by atoms with Gasteiger partial charge >= 0.3 is 0 Å². The molecule has 0 saturated carbocycles. The Morgan fingerprint density at radius 3 is 2.46 bits per heavy atom. The lowest BCUT2D eigenvalue weighted by atomic mass is 10.0. The number of anilines is 4. The largest absolute Gasteiger partial charge is 0.339 e. The molecule has 0 bridgehead atoms. The first-order valence-corrected chi connectivity index (χ1v) is 8.08. The van der Waals surface area contributed by atoms with Crippen LogP contribution in [0.15, 0.2) is 54.7 Å². The van der Waals surface area contributed by atoms with Crippen molar-refractivity contribution in [3.63, 3.8) is 0 Å². The number of nitrogens with one attached hydrogen (secondary N) is 2. The lowest BCUT2D eigenvalue weighted by Crippen LogP contribution is -2.04. The Kier molecular flexibility index (Phi) is 4.91. The summed E-state index contributed by atoms with van der Waals surface area (Å²) in [6, 6.07) is 15.5. The highest BCUT2D eigenvalue weighted by Crippen LogP contribution is 2.26. The van der Waals surface area contributed by atoms with E-state index in [1.165, 1.54) is 5.56 Å². The maximum absolute atomic E-state index is 5.89. The molecule has 0 aliphatic heterocycles. The van der Waals surface area contributed by atoms with Gasteiger partial charge in [-0.25, -0.2) is 0 Å². The second-order valence-corrected chi connectivity index (χ2v) is 6.10. The topological polar surface area (TPSA) is 62.7 Å². The van der Waals surface area contributed by atoms with E-state index in [4.69, 9.17) is 11.6 Å². The van der Waals surface area contributed by atoms with Crippen LogP contribution in [-0.2, 0) is 0 Å². The maximum atomic E-state index is 5.89. The highest BCUT2D eigenvalue weighted by Gasteiger charge is 2.08. The van der Waals surface area contributed by atoms with Crippen molar-refractivity contribution in [2.45, 2.75) is 19.8 Å². The fourth-order valence-corrected chi connectivity index (χ4v) is 2.46. The minimum absolute atomic E-state index is 0.412. The third kappa shape index (κ3) is 4.00. The number of hydrogen-bond acceptors (Lipinski definition) is 5. The first-order chi connectivity index (χ1) is 11.6.